The van der Waals surface area contributed by atoms with Gasteiger partial charge in [-0.3, -0.25) is 0 Å². The van der Waals surface area contributed by atoms with Crippen LogP contribution in [0, 0.1) is 0 Å². The molecule has 3 rings (SSSR count). The maximum absolute atomic E-state index is 12.8. The van der Waals surface area contributed by atoms with E-state index in [0.717, 1.165) is 25.0 Å². The zero-order valence-electron chi connectivity index (χ0n) is 15.4. The van der Waals surface area contributed by atoms with Crippen molar-refractivity contribution in [1.82, 2.24) is 15.2 Å². The SMILES string of the molecule is COc1cc(CNC(=O)N(Cc2ccccc2O)CC2CCCO2)ccn1. The summed E-state index contributed by atoms with van der Waals surface area (Å²) in [5.74, 6) is 0.689. The molecule has 1 aromatic carbocycles. The smallest absolute Gasteiger partial charge is 0.318 e. The third-order valence-electron chi connectivity index (χ3n) is 4.54. The number of carbonyl (C=O) groups is 1. The first-order valence-electron chi connectivity index (χ1n) is 9.06. The average molecular weight is 371 g/mol. The van der Waals surface area contributed by atoms with Crippen LogP contribution in [-0.2, 0) is 17.8 Å². The molecular weight excluding hydrogens is 346 g/mol. The summed E-state index contributed by atoms with van der Waals surface area (Å²) in [6.07, 6.45) is 3.62. The number of phenolic OH excluding ortho intramolecular Hbond substituents is 1. The number of methoxy groups -OCH3 is 1. The van der Waals surface area contributed by atoms with Gasteiger partial charge in [-0.1, -0.05) is 18.2 Å². The number of benzene rings is 1. The minimum absolute atomic E-state index is 0.0302. The van der Waals surface area contributed by atoms with Gasteiger partial charge in [-0.05, 0) is 30.5 Å². The number of rotatable bonds is 7. The van der Waals surface area contributed by atoms with Crippen molar-refractivity contribution < 1.29 is 19.4 Å². The Hall–Kier alpha value is -2.80. The van der Waals surface area contributed by atoms with Crippen molar-refractivity contribution in [3.05, 3.63) is 53.7 Å². The Balaban J connectivity index is 1.66. The lowest BCUT2D eigenvalue weighted by molar-refractivity contribution is 0.0792. The number of hydrogen-bond acceptors (Lipinski definition) is 5. The fourth-order valence-electron chi connectivity index (χ4n) is 3.07. The van der Waals surface area contributed by atoms with E-state index in [1.807, 2.05) is 18.2 Å². The van der Waals surface area contributed by atoms with Gasteiger partial charge >= 0.3 is 6.03 Å². The number of carbonyl (C=O) groups excluding carboxylic acids is 1. The average Bonchev–Trinajstić information content (AvgIpc) is 3.20. The number of ether oxygens (including phenoxy) is 2. The van der Waals surface area contributed by atoms with Gasteiger partial charge in [-0.15, -0.1) is 0 Å². The van der Waals surface area contributed by atoms with Gasteiger partial charge in [0.2, 0.25) is 5.88 Å². The topological polar surface area (TPSA) is 83.9 Å². The molecule has 0 radical (unpaired) electrons. The first-order valence-corrected chi connectivity index (χ1v) is 9.06. The molecule has 0 saturated carbocycles. The van der Waals surface area contributed by atoms with Crippen LogP contribution in [0.1, 0.15) is 24.0 Å². The number of phenols is 1. The van der Waals surface area contributed by atoms with E-state index < -0.39 is 0 Å². The molecule has 0 spiro atoms. The van der Waals surface area contributed by atoms with Crippen LogP contribution in [-0.4, -0.2) is 47.4 Å². The Kier molecular flexibility index (Phi) is 6.49. The summed E-state index contributed by atoms with van der Waals surface area (Å²) in [5.41, 5.74) is 1.60. The van der Waals surface area contributed by atoms with Crippen molar-refractivity contribution in [2.45, 2.75) is 32.0 Å². The monoisotopic (exact) mass is 371 g/mol. The van der Waals surface area contributed by atoms with E-state index in [2.05, 4.69) is 10.3 Å². The van der Waals surface area contributed by atoms with Crippen molar-refractivity contribution in [3.8, 4) is 11.6 Å². The number of nitrogens with one attached hydrogen (secondary N) is 1. The van der Waals surface area contributed by atoms with Crippen LogP contribution in [0.2, 0.25) is 0 Å². The summed E-state index contributed by atoms with van der Waals surface area (Å²) in [7, 11) is 1.56. The summed E-state index contributed by atoms with van der Waals surface area (Å²) < 4.78 is 10.8. The molecular formula is C20H25N3O4. The molecule has 0 bridgehead atoms. The molecule has 1 fully saturated rings. The molecule has 2 amide bonds. The van der Waals surface area contributed by atoms with Gasteiger partial charge in [0.1, 0.15) is 5.75 Å². The zero-order valence-corrected chi connectivity index (χ0v) is 15.4. The number of hydrogen-bond donors (Lipinski definition) is 2. The lowest BCUT2D eigenvalue weighted by Gasteiger charge is -2.26. The van der Waals surface area contributed by atoms with Crippen molar-refractivity contribution in [3.63, 3.8) is 0 Å². The van der Waals surface area contributed by atoms with Crippen LogP contribution in [0.5, 0.6) is 11.6 Å². The maximum Gasteiger partial charge on any atom is 0.318 e. The second-order valence-corrected chi connectivity index (χ2v) is 6.51. The third-order valence-corrected chi connectivity index (χ3v) is 4.54. The molecule has 2 N–H and O–H groups in total. The van der Waals surface area contributed by atoms with Crippen LogP contribution in [0.4, 0.5) is 4.79 Å². The van der Waals surface area contributed by atoms with Gasteiger partial charge < -0.3 is 24.8 Å². The van der Waals surface area contributed by atoms with Crippen LogP contribution in [0.15, 0.2) is 42.6 Å². The lowest BCUT2D eigenvalue weighted by Crippen LogP contribution is -2.43. The molecule has 1 saturated heterocycles. The van der Waals surface area contributed by atoms with E-state index in [4.69, 9.17) is 9.47 Å². The Morgan fingerprint density at radius 2 is 2.26 bits per heavy atom. The summed E-state index contributed by atoms with van der Waals surface area (Å²) >= 11 is 0. The molecule has 1 atom stereocenters. The highest BCUT2D eigenvalue weighted by molar-refractivity contribution is 5.74. The number of urea groups is 1. The summed E-state index contributed by atoms with van der Waals surface area (Å²) in [5, 5.41) is 13.0. The fraction of sp³-hybridized carbons (Fsp3) is 0.400. The van der Waals surface area contributed by atoms with Crippen LogP contribution >= 0.6 is 0 Å². The highest BCUT2D eigenvalue weighted by Crippen LogP contribution is 2.20. The molecule has 1 unspecified atom stereocenters. The van der Waals surface area contributed by atoms with Gasteiger partial charge in [0.05, 0.1) is 19.8 Å². The Bertz CT molecular complexity index is 762. The van der Waals surface area contributed by atoms with Crippen molar-refractivity contribution in [2.75, 3.05) is 20.3 Å². The van der Waals surface area contributed by atoms with Crippen LogP contribution in [0.3, 0.4) is 0 Å². The minimum atomic E-state index is -0.204. The third kappa shape index (κ3) is 5.34. The standard InChI is InChI=1S/C20H25N3O4/c1-26-19-11-15(8-9-21-19)12-22-20(25)23(14-17-6-4-10-27-17)13-16-5-2-3-7-18(16)24/h2-3,5,7-9,11,17,24H,4,6,10,12-14H2,1H3,(H,22,25). The minimum Gasteiger partial charge on any atom is -0.508 e. The van der Waals surface area contributed by atoms with E-state index in [9.17, 15) is 9.90 Å². The Morgan fingerprint density at radius 1 is 1.41 bits per heavy atom. The molecule has 1 aliphatic heterocycles. The number of amides is 2. The van der Waals surface area contributed by atoms with Gasteiger partial charge in [-0.25, -0.2) is 9.78 Å². The molecule has 1 aliphatic rings. The second kappa shape index (κ2) is 9.23. The quantitative estimate of drug-likeness (QED) is 0.782. The first kappa shape index (κ1) is 19.0. The molecule has 0 aliphatic carbocycles. The zero-order chi connectivity index (χ0) is 19.1. The summed E-state index contributed by atoms with van der Waals surface area (Å²) in [4.78, 5) is 18.6. The Morgan fingerprint density at radius 3 is 3.00 bits per heavy atom. The number of aromatic hydroxyl groups is 1. The van der Waals surface area contributed by atoms with Crippen molar-refractivity contribution in [2.24, 2.45) is 0 Å². The predicted molar refractivity (Wildman–Crippen MR) is 101 cm³/mol. The largest absolute Gasteiger partial charge is 0.508 e. The van der Waals surface area contributed by atoms with Crippen LogP contribution in [0.25, 0.3) is 0 Å². The van der Waals surface area contributed by atoms with Gasteiger partial charge in [0, 0.05) is 37.5 Å². The van der Waals surface area contributed by atoms with Gasteiger partial charge in [-0.2, -0.15) is 0 Å². The number of nitrogens with zero attached hydrogens (tertiary/aromatic N) is 2. The molecule has 2 heterocycles. The molecule has 1 aromatic heterocycles. The van der Waals surface area contributed by atoms with E-state index in [0.29, 0.717) is 31.1 Å². The van der Waals surface area contributed by atoms with E-state index in [1.54, 1.807) is 36.4 Å². The summed E-state index contributed by atoms with van der Waals surface area (Å²) in [6.45, 7) is 1.89. The number of pyridine rings is 1. The molecule has 27 heavy (non-hydrogen) atoms. The van der Waals surface area contributed by atoms with Crippen molar-refractivity contribution >= 4 is 6.03 Å². The van der Waals surface area contributed by atoms with E-state index in [-0.39, 0.29) is 17.9 Å². The summed E-state index contributed by atoms with van der Waals surface area (Å²) in [6, 6.07) is 10.5. The molecule has 144 valence electrons. The highest BCUT2D eigenvalue weighted by Gasteiger charge is 2.23. The predicted octanol–water partition coefficient (Wildman–Crippen LogP) is 2.69. The lowest BCUT2D eigenvalue weighted by atomic mass is 10.1. The maximum atomic E-state index is 12.8. The van der Waals surface area contributed by atoms with E-state index in [1.165, 1.54) is 0 Å². The van der Waals surface area contributed by atoms with Crippen molar-refractivity contribution in [1.29, 1.82) is 0 Å². The molecule has 7 heteroatoms. The van der Waals surface area contributed by atoms with Crippen LogP contribution < -0.4 is 10.1 Å². The number of para-hydroxylation sites is 1. The van der Waals surface area contributed by atoms with E-state index >= 15 is 0 Å². The molecule has 2 aromatic rings. The fourth-order valence-corrected chi connectivity index (χ4v) is 3.07. The normalized spacial score (nSPS) is 16.1. The van der Waals surface area contributed by atoms with Gasteiger partial charge in [0.25, 0.3) is 0 Å². The second-order valence-electron chi connectivity index (χ2n) is 6.51. The Labute approximate surface area is 158 Å². The molecule has 7 nitrogen and oxygen atoms in total. The highest BCUT2D eigenvalue weighted by atomic mass is 16.5. The van der Waals surface area contributed by atoms with Gasteiger partial charge in [0.15, 0.2) is 0 Å². The number of aromatic nitrogens is 1. The first-order chi connectivity index (χ1) is 13.2.